The van der Waals surface area contributed by atoms with E-state index < -0.39 is 0 Å². The smallest absolute Gasteiger partial charge is 0.255 e. The van der Waals surface area contributed by atoms with Crippen molar-refractivity contribution in [3.05, 3.63) is 40.6 Å². The number of carbonyl (C=O) groups excluding carboxylic acids is 1. The Morgan fingerprint density at radius 3 is 2.70 bits per heavy atom. The minimum Gasteiger partial charge on any atom is -0.339 e. The quantitative estimate of drug-likeness (QED) is 0.849. The fourth-order valence-corrected chi connectivity index (χ4v) is 3.40. The summed E-state index contributed by atoms with van der Waals surface area (Å²) in [5.74, 6) is 0.0427. The first-order valence-electron chi connectivity index (χ1n) is 6.65. The first kappa shape index (κ1) is 13.2. The maximum Gasteiger partial charge on any atom is 0.255 e. The van der Waals surface area contributed by atoms with Crippen LogP contribution in [0.3, 0.4) is 0 Å². The molecule has 1 amide bonds. The van der Waals surface area contributed by atoms with Crippen molar-refractivity contribution < 1.29 is 4.79 Å². The average molecular weight is 288 g/mol. The number of likely N-dealkylation sites (tertiary alicyclic amines) is 1. The molecule has 0 spiro atoms. The van der Waals surface area contributed by atoms with Gasteiger partial charge in [0.2, 0.25) is 0 Å². The van der Waals surface area contributed by atoms with Crippen LogP contribution in [0.1, 0.15) is 35.1 Å². The lowest BCUT2D eigenvalue weighted by Gasteiger charge is -2.38. The Hall–Kier alpha value is -1.82. The number of rotatable bonds is 2. The molecular formula is C14H16N4OS. The lowest BCUT2D eigenvalue weighted by molar-refractivity contribution is 0.0675. The molecule has 0 radical (unpaired) electrons. The van der Waals surface area contributed by atoms with Crippen LogP contribution < -0.4 is 0 Å². The van der Waals surface area contributed by atoms with E-state index in [1.165, 1.54) is 11.2 Å². The monoisotopic (exact) mass is 288 g/mol. The SMILES string of the molecule is CC1(c2nccs2)CCN(C(=O)c2ccnnc2)CC1. The van der Waals surface area contributed by atoms with Gasteiger partial charge in [-0.3, -0.25) is 4.79 Å². The maximum atomic E-state index is 12.3. The lowest BCUT2D eigenvalue weighted by Crippen LogP contribution is -2.43. The Morgan fingerprint density at radius 1 is 1.30 bits per heavy atom. The van der Waals surface area contributed by atoms with Gasteiger partial charge in [0.1, 0.15) is 0 Å². The Morgan fingerprint density at radius 2 is 2.10 bits per heavy atom. The molecular weight excluding hydrogens is 272 g/mol. The van der Waals surface area contributed by atoms with Crippen molar-refractivity contribution >= 4 is 17.2 Å². The van der Waals surface area contributed by atoms with E-state index in [9.17, 15) is 4.79 Å². The number of aromatic nitrogens is 3. The predicted octanol–water partition coefficient (Wildman–Crippen LogP) is 2.13. The van der Waals surface area contributed by atoms with Crippen LogP contribution in [0.2, 0.25) is 0 Å². The van der Waals surface area contributed by atoms with Gasteiger partial charge in [-0.15, -0.1) is 11.3 Å². The minimum absolute atomic E-state index is 0.0427. The van der Waals surface area contributed by atoms with Gasteiger partial charge in [-0.2, -0.15) is 10.2 Å². The second-order valence-electron chi connectivity index (χ2n) is 5.32. The summed E-state index contributed by atoms with van der Waals surface area (Å²) in [4.78, 5) is 18.7. The zero-order chi connectivity index (χ0) is 14.0. The van der Waals surface area contributed by atoms with Crippen molar-refractivity contribution in [1.29, 1.82) is 0 Å². The summed E-state index contributed by atoms with van der Waals surface area (Å²) >= 11 is 1.70. The molecule has 0 N–H and O–H groups in total. The molecule has 0 aromatic carbocycles. The summed E-state index contributed by atoms with van der Waals surface area (Å²) in [6, 6.07) is 1.71. The molecule has 1 fully saturated rings. The van der Waals surface area contributed by atoms with Crippen molar-refractivity contribution in [3.8, 4) is 0 Å². The van der Waals surface area contributed by atoms with E-state index in [0.29, 0.717) is 5.56 Å². The summed E-state index contributed by atoms with van der Waals surface area (Å²) < 4.78 is 0. The fraction of sp³-hybridized carbons (Fsp3) is 0.429. The normalized spacial score (nSPS) is 17.9. The largest absolute Gasteiger partial charge is 0.339 e. The topological polar surface area (TPSA) is 59.0 Å². The number of carbonyl (C=O) groups is 1. The van der Waals surface area contributed by atoms with Gasteiger partial charge in [-0.25, -0.2) is 4.98 Å². The maximum absolute atomic E-state index is 12.3. The molecule has 2 aromatic heterocycles. The average Bonchev–Trinajstić information content (AvgIpc) is 3.03. The molecule has 0 aliphatic carbocycles. The molecule has 1 saturated heterocycles. The van der Waals surface area contributed by atoms with Crippen LogP contribution >= 0.6 is 11.3 Å². The first-order chi connectivity index (χ1) is 9.69. The molecule has 0 atom stereocenters. The van der Waals surface area contributed by atoms with Gasteiger partial charge >= 0.3 is 0 Å². The summed E-state index contributed by atoms with van der Waals surface area (Å²) in [5.41, 5.74) is 0.708. The molecule has 5 nitrogen and oxygen atoms in total. The molecule has 20 heavy (non-hydrogen) atoms. The number of thiazole rings is 1. The van der Waals surface area contributed by atoms with E-state index in [-0.39, 0.29) is 11.3 Å². The fourth-order valence-electron chi connectivity index (χ4n) is 2.54. The van der Waals surface area contributed by atoms with E-state index in [4.69, 9.17) is 0 Å². The van der Waals surface area contributed by atoms with Gasteiger partial charge in [0.25, 0.3) is 5.91 Å². The third kappa shape index (κ3) is 2.43. The number of amides is 1. The molecule has 0 saturated carbocycles. The third-order valence-corrected chi connectivity index (χ3v) is 5.01. The van der Waals surface area contributed by atoms with E-state index in [0.717, 1.165) is 25.9 Å². The van der Waals surface area contributed by atoms with E-state index in [1.54, 1.807) is 23.6 Å². The zero-order valence-electron chi connectivity index (χ0n) is 11.3. The van der Waals surface area contributed by atoms with Crippen LogP contribution in [-0.4, -0.2) is 39.1 Å². The summed E-state index contributed by atoms with van der Waals surface area (Å²) in [6.07, 6.45) is 6.83. The molecule has 6 heteroatoms. The number of nitrogens with zero attached hydrogens (tertiary/aromatic N) is 4. The van der Waals surface area contributed by atoms with Crippen LogP contribution in [0, 0.1) is 0 Å². The van der Waals surface area contributed by atoms with E-state index in [2.05, 4.69) is 22.1 Å². The highest BCUT2D eigenvalue weighted by atomic mass is 32.1. The van der Waals surface area contributed by atoms with Gasteiger partial charge in [-0.05, 0) is 18.9 Å². The van der Waals surface area contributed by atoms with Gasteiger partial charge in [0, 0.05) is 30.1 Å². The predicted molar refractivity (Wildman–Crippen MR) is 76.6 cm³/mol. The molecule has 3 rings (SSSR count). The summed E-state index contributed by atoms with van der Waals surface area (Å²) in [7, 11) is 0. The van der Waals surface area contributed by atoms with Gasteiger partial charge in [-0.1, -0.05) is 6.92 Å². The van der Waals surface area contributed by atoms with Gasteiger partial charge in [0.15, 0.2) is 0 Å². The number of piperidine rings is 1. The van der Waals surface area contributed by atoms with Crippen LogP contribution in [-0.2, 0) is 5.41 Å². The molecule has 1 aliphatic heterocycles. The molecule has 104 valence electrons. The summed E-state index contributed by atoms with van der Waals surface area (Å²) in [5, 5.41) is 10.7. The second-order valence-corrected chi connectivity index (χ2v) is 6.22. The molecule has 0 unspecified atom stereocenters. The van der Waals surface area contributed by atoms with Crippen molar-refractivity contribution in [2.45, 2.75) is 25.2 Å². The summed E-state index contributed by atoms with van der Waals surface area (Å²) in [6.45, 7) is 3.76. The number of hydrogen-bond acceptors (Lipinski definition) is 5. The Labute approximate surface area is 121 Å². The second kappa shape index (κ2) is 5.28. The third-order valence-electron chi connectivity index (χ3n) is 3.93. The van der Waals surface area contributed by atoms with Crippen molar-refractivity contribution in [2.24, 2.45) is 0 Å². The molecule has 2 aromatic rings. The molecule has 1 aliphatic rings. The lowest BCUT2D eigenvalue weighted by atomic mass is 9.81. The highest BCUT2D eigenvalue weighted by molar-refractivity contribution is 7.09. The van der Waals surface area contributed by atoms with Crippen LogP contribution in [0.15, 0.2) is 30.0 Å². The standard InChI is InChI=1S/C14H16N4OS/c1-14(13-15-6-9-20-13)3-7-18(8-4-14)12(19)11-2-5-16-17-10-11/h2,5-6,9-10H,3-4,7-8H2,1H3. The zero-order valence-corrected chi connectivity index (χ0v) is 12.1. The Balaban J connectivity index is 1.69. The highest BCUT2D eigenvalue weighted by Crippen LogP contribution is 2.36. The van der Waals surface area contributed by atoms with Crippen LogP contribution in [0.5, 0.6) is 0 Å². The van der Waals surface area contributed by atoms with Crippen LogP contribution in [0.4, 0.5) is 0 Å². The first-order valence-corrected chi connectivity index (χ1v) is 7.53. The molecule has 0 bridgehead atoms. The van der Waals surface area contributed by atoms with Gasteiger partial charge < -0.3 is 4.90 Å². The van der Waals surface area contributed by atoms with E-state index in [1.807, 2.05) is 16.5 Å². The van der Waals surface area contributed by atoms with Crippen molar-refractivity contribution in [3.63, 3.8) is 0 Å². The Bertz CT molecular complexity index is 576. The minimum atomic E-state index is 0.0427. The van der Waals surface area contributed by atoms with Crippen molar-refractivity contribution in [2.75, 3.05) is 13.1 Å². The van der Waals surface area contributed by atoms with Crippen molar-refractivity contribution in [1.82, 2.24) is 20.1 Å². The molecule has 3 heterocycles. The highest BCUT2D eigenvalue weighted by Gasteiger charge is 2.35. The van der Waals surface area contributed by atoms with Crippen LogP contribution in [0.25, 0.3) is 0 Å². The Kier molecular flexibility index (Phi) is 3.48. The van der Waals surface area contributed by atoms with E-state index >= 15 is 0 Å². The number of hydrogen-bond donors (Lipinski definition) is 0. The van der Waals surface area contributed by atoms with Gasteiger partial charge in [0.05, 0.1) is 23.0 Å².